The van der Waals surface area contributed by atoms with Crippen molar-refractivity contribution in [2.24, 2.45) is 5.92 Å². The van der Waals surface area contributed by atoms with Gasteiger partial charge in [0.15, 0.2) is 0 Å². The summed E-state index contributed by atoms with van der Waals surface area (Å²) in [5.74, 6) is -0.183. The zero-order chi connectivity index (χ0) is 17.7. The Hall–Kier alpha value is -2.69. The molecule has 2 N–H and O–H groups in total. The van der Waals surface area contributed by atoms with Gasteiger partial charge in [-0.2, -0.15) is 0 Å². The molecule has 2 amide bonds. The van der Waals surface area contributed by atoms with Crippen molar-refractivity contribution < 1.29 is 9.59 Å². The number of carbonyl (C=O) groups excluding carboxylic acids is 2. The standard InChI is InChI=1S/C19H23N3O2/c1-12(2)11-21-19(24)17-10-15(7-8-20-17)18(23)22-16-6-5-13(3)9-14(16)4/h5-10,12H,11H2,1-4H3,(H,21,24)(H,22,23). The second-order valence-corrected chi connectivity index (χ2v) is 6.31. The Bertz CT molecular complexity index is 754. The van der Waals surface area contributed by atoms with Gasteiger partial charge in [-0.25, -0.2) is 0 Å². The molecule has 0 bridgehead atoms. The summed E-state index contributed by atoms with van der Waals surface area (Å²) in [6.45, 7) is 8.55. The van der Waals surface area contributed by atoms with Crippen LogP contribution >= 0.6 is 0 Å². The van der Waals surface area contributed by atoms with E-state index in [9.17, 15) is 9.59 Å². The summed E-state index contributed by atoms with van der Waals surface area (Å²) < 4.78 is 0. The number of amides is 2. The molecule has 1 heterocycles. The van der Waals surface area contributed by atoms with Crippen LogP contribution in [-0.2, 0) is 0 Å². The lowest BCUT2D eigenvalue weighted by molar-refractivity contribution is 0.0944. The molecule has 24 heavy (non-hydrogen) atoms. The van der Waals surface area contributed by atoms with Crippen LogP contribution in [0.2, 0.25) is 0 Å². The van der Waals surface area contributed by atoms with Gasteiger partial charge in [-0.3, -0.25) is 14.6 Å². The van der Waals surface area contributed by atoms with Crippen molar-refractivity contribution in [1.29, 1.82) is 0 Å². The lowest BCUT2D eigenvalue weighted by Gasteiger charge is -2.10. The lowest BCUT2D eigenvalue weighted by Crippen LogP contribution is -2.28. The molecule has 0 unspecified atom stereocenters. The lowest BCUT2D eigenvalue weighted by atomic mass is 10.1. The zero-order valence-electron chi connectivity index (χ0n) is 14.5. The van der Waals surface area contributed by atoms with Crippen LogP contribution in [-0.4, -0.2) is 23.3 Å². The Morgan fingerprint density at radius 3 is 2.50 bits per heavy atom. The van der Waals surface area contributed by atoms with E-state index in [4.69, 9.17) is 0 Å². The van der Waals surface area contributed by atoms with Crippen LogP contribution < -0.4 is 10.6 Å². The first-order chi connectivity index (χ1) is 11.4. The van der Waals surface area contributed by atoms with Crippen LogP contribution in [0.15, 0.2) is 36.5 Å². The SMILES string of the molecule is Cc1ccc(NC(=O)c2ccnc(C(=O)NCC(C)C)c2)c(C)c1. The number of aromatic nitrogens is 1. The van der Waals surface area contributed by atoms with Gasteiger partial charge in [0, 0.05) is 24.0 Å². The Labute approximate surface area is 142 Å². The predicted molar refractivity (Wildman–Crippen MR) is 95.3 cm³/mol. The maximum Gasteiger partial charge on any atom is 0.269 e. The summed E-state index contributed by atoms with van der Waals surface area (Å²) in [6, 6.07) is 8.93. The fourth-order valence-electron chi connectivity index (χ4n) is 2.23. The van der Waals surface area contributed by atoms with Gasteiger partial charge in [0.2, 0.25) is 0 Å². The van der Waals surface area contributed by atoms with E-state index in [1.54, 1.807) is 6.07 Å². The molecule has 0 fully saturated rings. The Balaban J connectivity index is 2.12. The van der Waals surface area contributed by atoms with E-state index in [-0.39, 0.29) is 17.5 Å². The molecule has 0 aliphatic heterocycles. The number of anilines is 1. The summed E-state index contributed by atoms with van der Waals surface area (Å²) >= 11 is 0. The average molecular weight is 325 g/mol. The van der Waals surface area contributed by atoms with E-state index in [2.05, 4.69) is 15.6 Å². The van der Waals surface area contributed by atoms with Crippen molar-refractivity contribution in [3.8, 4) is 0 Å². The molecule has 0 aliphatic carbocycles. The van der Waals surface area contributed by atoms with E-state index in [1.165, 1.54) is 12.3 Å². The van der Waals surface area contributed by atoms with Gasteiger partial charge >= 0.3 is 0 Å². The molecule has 1 aromatic carbocycles. The number of carbonyl (C=O) groups is 2. The zero-order valence-corrected chi connectivity index (χ0v) is 14.5. The molecule has 126 valence electrons. The van der Waals surface area contributed by atoms with Gasteiger partial charge in [0.1, 0.15) is 5.69 Å². The number of benzene rings is 1. The maximum absolute atomic E-state index is 12.4. The Morgan fingerprint density at radius 1 is 1.08 bits per heavy atom. The monoisotopic (exact) mass is 325 g/mol. The minimum Gasteiger partial charge on any atom is -0.350 e. The molecule has 0 saturated carbocycles. The molecule has 5 heteroatoms. The molecule has 0 radical (unpaired) electrons. The van der Waals surface area contributed by atoms with Crippen LogP contribution in [0.25, 0.3) is 0 Å². The van der Waals surface area contributed by atoms with Crippen molar-refractivity contribution in [2.75, 3.05) is 11.9 Å². The minimum atomic E-state index is -0.273. The molecule has 1 aromatic heterocycles. The third-order valence-corrected chi connectivity index (χ3v) is 3.56. The van der Waals surface area contributed by atoms with Gasteiger partial charge < -0.3 is 10.6 Å². The first-order valence-electron chi connectivity index (χ1n) is 7.99. The van der Waals surface area contributed by atoms with Gasteiger partial charge in [0.05, 0.1) is 0 Å². The van der Waals surface area contributed by atoms with Crippen LogP contribution in [0.1, 0.15) is 45.8 Å². The van der Waals surface area contributed by atoms with Crippen LogP contribution in [0.3, 0.4) is 0 Å². The summed E-state index contributed by atoms with van der Waals surface area (Å²) in [5.41, 5.74) is 3.53. The highest BCUT2D eigenvalue weighted by molar-refractivity contribution is 6.06. The smallest absolute Gasteiger partial charge is 0.269 e. The molecule has 0 aliphatic rings. The van der Waals surface area contributed by atoms with Crippen molar-refractivity contribution in [3.05, 3.63) is 58.9 Å². The molecule has 0 atom stereocenters. The Morgan fingerprint density at radius 2 is 1.83 bits per heavy atom. The third-order valence-electron chi connectivity index (χ3n) is 3.56. The number of hydrogen-bond donors (Lipinski definition) is 2. The van der Waals surface area contributed by atoms with Gasteiger partial charge in [-0.05, 0) is 43.5 Å². The van der Waals surface area contributed by atoms with Gasteiger partial charge in [0.25, 0.3) is 11.8 Å². The van der Waals surface area contributed by atoms with Crippen LogP contribution in [0.4, 0.5) is 5.69 Å². The van der Waals surface area contributed by atoms with Crippen molar-refractivity contribution >= 4 is 17.5 Å². The number of aryl methyl sites for hydroxylation is 2. The second-order valence-electron chi connectivity index (χ2n) is 6.31. The fourth-order valence-corrected chi connectivity index (χ4v) is 2.23. The molecule has 0 spiro atoms. The van der Waals surface area contributed by atoms with Gasteiger partial charge in [-0.1, -0.05) is 31.5 Å². The fraction of sp³-hybridized carbons (Fsp3) is 0.316. The highest BCUT2D eigenvalue weighted by atomic mass is 16.2. The second kappa shape index (κ2) is 7.73. The quantitative estimate of drug-likeness (QED) is 0.885. The van der Waals surface area contributed by atoms with Crippen molar-refractivity contribution in [3.63, 3.8) is 0 Å². The van der Waals surface area contributed by atoms with E-state index < -0.39 is 0 Å². The topological polar surface area (TPSA) is 71.1 Å². The van der Waals surface area contributed by atoms with Crippen LogP contribution in [0, 0.1) is 19.8 Å². The minimum absolute atomic E-state index is 0.240. The highest BCUT2D eigenvalue weighted by Crippen LogP contribution is 2.17. The molecule has 0 saturated heterocycles. The van der Waals surface area contributed by atoms with Crippen molar-refractivity contribution in [1.82, 2.24) is 10.3 Å². The number of pyridine rings is 1. The number of hydrogen-bond acceptors (Lipinski definition) is 3. The number of rotatable bonds is 5. The first kappa shape index (κ1) is 17.7. The summed E-state index contributed by atoms with van der Waals surface area (Å²) in [4.78, 5) is 28.5. The summed E-state index contributed by atoms with van der Waals surface area (Å²) in [7, 11) is 0. The van der Waals surface area contributed by atoms with Gasteiger partial charge in [-0.15, -0.1) is 0 Å². The third kappa shape index (κ3) is 4.65. The van der Waals surface area contributed by atoms with E-state index in [0.29, 0.717) is 18.0 Å². The largest absolute Gasteiger partial charge is 0.350 e. The average Bonchev–Trinajstić information content (AvgIpc) is 2.55. The number of nitrogens with one attached hydrogen (secondary N) is 2. The molecule has 5 nitrogen and oxygen atoms in total. The normalized spacial score (nSPS) is 10.5. The van der Waals surface area contributed by atoms with Crippen molar-refractivity contribution in [2.45, 2.75) is 27.7 Å². The highest BCUT2D eigenvalue weighted by Gasteiger charge is 2.13. The number of nitrogens with zero attached hydrogens (tertiary/aromatic N) is 1. The maximum atomic E-state index is 12.4. The molecule has 2 aromatic rings. The molecular weight excluding hydrogens is 302 g/mol. The van der Waals surface area contributed by atoms with E-state index in [0.717, 1.165) is 16.8 Å². The Kier molecular flexibility index (Phi) is 5.68. The summed E-state index contributed by atoms with van der Waals surface area (Å²) in [6.07, 6.45) is 1.47. The summed E-state index contributed by atoms with van der Waals surface area (Å²) in [5, 5.41) is 5.67. The predicted octanol–water partition coefficient (Wildman–Crippen LogP) is 3.34. The van der Waals surface area contributed by atoms with Crippen LogP contribution in [0.5, 0.6) is 0 Å². The van der Waals surface area contributed by atoms with E-state index in [1.807, 2.05) is 45.9 Å². The molecular formula is C19H23N3O2. The van der Waals surface area contributed by atoms with E-state index >= 15 is 0 Å². The first-order valence-corrected chi connectivity index (χ1v) is 7.99. The molecule has 2 rings (SSSR count).